The average Bonchev–Trinajstić information content (AvgIpc) is 3.34. The van der Waals surface area contributed by atoms with Gasteiger partial charge in [0.1, 0.15) is 11.6 Å². The lowest BCUT2D eigenvalue weighted by atomic mass is 9.71. The Morgan fingerprint density at radius 2 is 1.51 bits per heavy atom. The molecule has 0 aliphatic carbocycles. The number of carbonyl (C=O) groups is 6. The van der Waals surface area contributed by atoms with Gasteiger partial charge < -0.3 is 21.4 Å². The Labute approximate surface area is 243 Å². The molecule has 230 valence electrons. The van der Waals surface area contributed by atoms with E-state index in [-0.39, 0.29) is 48.4 Å². The number of hydrogen-bond acceptors (Lipinski definition) is 7. The minimum atomic E-state index is -1.20. The van der Waals surface area contributed by atoms with Crippen molar-refractivity contribution in [1.29, 1.82) is 0 Å². The van der Waals surface area contributed by atoms with Crippen LogP contribution in [0.15, 0.2) is 12.5 Å². The van der Waals surface area contributed by atoms with Gasteiger partial charge in [0.15, 0.2) is 5.78 Å². The van der Waals surface area contributed by atoms with Crippen LogP contribution in [0, 0.1) is 22.7 Å². The van der Waals surface area contributed by atoms with Gasteiger partial charge in [0.25, 0.3) is 0 Å². The van der Waals surface area contributed by atoms with E-state index >= 15 is 0 Å². The summed E-state index contributed by atoms with van der Waals surface area (Å²) in [6.07, 6.45) is 5.00. The van der Waals surface area contributed by atoms with Gasteiger partial charge in [0.2, 0.25) is 17.7 Å². The van der Waals surface area contributed by atoms with Gasteiger partial charge in [-0.05, 0) is 26.7 Å². The van der Waals surface area contributed by atoms with Crippen LogP contribution in [0.25, 0.3) is 0 Å². The van der Waals surface area contributed by atoms with Crippen LogP contribution in [0.5, 0.6) is 0 Å². The SMILES string of the molecule is CC(=O)NCCCC[C@H](CC(=O)C(C)(C)CC(=O)C(C)(C)CC(=O)C(C)(C)NC(=O)[C@@H](C)Cc1cnc[nH]1)C(N)=O. The molecule has 0 fully saturated rings. The van der Waals surface area contributed by atoms with Crippen molar-refractivity contribution >= 4 is 35.1 Å². The van der Waals surface area contributed by atoms with E-state index in [1.54, 1.807) is 54.7 Å². The number of aromatic nitrogens is 2. The Kier molecular flexibility index (Phi) is 13.1. The lowest BCUT2D eigenvalue weighted by molar-refractivity contribution is -0.140. The van der Waals surface area contributed by atoms with Gasteiger partial charge >= 0.3 is 0 Å². The van der Waals surface area contributed by atoms with E-state index in [1.165, 1.54) is 13.3 Å². The predicted molar refractivity (Wildman–Crippen MR) is 155 cm³/mol. The summed E-state index contributed by atoms with van der Waals surface area (Å²) < 4.78 is 0. The Bertz CT molecular complexity index is 1090. The van der Waals surface area contributed by atoms with Crippen molar-refractivity contribution in [2.45, 2.75) is 106 Å². The molecule has 0 aliphatic heterocycles. The van der Waals surface area contributed by atoms with Crippen molar-refractivity contribution in [1.82, 2.24) is 20.6 Å². The molecule has 0 saturated heterocycles. The maximum Gasteiger partial charge on any atom is 0.223 e. The first kappa shape index (κ1) is 35.7. The summed E-state index contributed by atoms with van der Waals surface area (Å²) in [6.45, 7) is 13.5. The van der Waals surface area contributed by atoms with E-state index in [0.717, 1.165) is 5.69 Å². The Morgan fingerprint density at radius 3 is 2.05 bits per heavy atom. The molecule has 0 aliphatic rings. The Morgan fingerprint density at radius 1 is 0.927 bits per heavy atom. The molecule has 2 atom stereocenters. The fraction of sp³-hybridized carbons (Fsp3) is 0.700. The van der Waals surface area contributed by atoms with E-state index in [2.05, 4.69) is 20.6 Å². The third kappa shape index (κ3) is 11.9. The maximum absolute atomic E-state index is 13.3. The van der Waals surface area contributed by atoms with Crippen LogP contribution in [-0.4, -0.2) is 57.1 Å². The second-order valence-corrected chi connectivity index (χ2v) is 13.0. The number of carbonyl (C=O) groups excluding carboxylic acids is 6. The Balaban J connectivity index is 2.74. The summed E-state index contributed by atoms with van der Waals surface area (Å²) in [4.78, 5) is 82.4. The summed E-state index contributed by atoms with van der Waals surface area (Å²) in [5, 5.41) is 5.49. The van der Waals surface area contributed by atoms with Gasteiger partial charge in [-0.1, -0.05) is 41.0 Å². The van der Waals surface area contributed by atoms with Crippen molar-refractivity contribution in [3.63, 3.8) is 0 Å². The Hall–Kier alpha value is -3.37. The number of hydrogen-bond donors (Lipinski definition) is 4. The molecule has 11 nitrogen and oxygen atoms in total. The summed E-state index contributed by atoms with van der Waals surface area (Å²) in [5.74, 6) is -2.86. The van der Waals surface area contributed by atoms with Crippen LogP contribution in [0.3, 0.4) is 0 Å². The van der Waals surface area contributed by atoms with Crippen molar-refractivity contribution in [3.05, 3.63) is 18.2 Å². The maximum atomic E-state index is 13.3. The molecule has 11 heteroatoms. The highest BCUT2D eigenvalue weighted by atomic mass is 16.2. The molecule has 1 rings (SSSR count). The molecule has 1 heterocycles. The fourth-order valence-corrected chi connectivity index (χ4v) is 4.41. The van der Waals surface area contributed by atoms with Gasteiger partial charge in [-0.15, -0.1) is 0 Å². The van der Waals surface area contributed by atoms with Gasteiger partial charge in [-0.3, -0.25) is 28.8 Å². The smallest absolute Gasteiger partial charge is 0.223 e. The highest BCUT2D eigenvalue weighted by Crippen LogP contribution is 2.34. The molecule has 0 aromatic carbocycles. The minimum Gasteiger partial charge on any atom is -0.369 e. The zero-order chi connectivity index (χ0) is 31.6. The first-order valence-electron chi connectivity index (χ1n) is 14.2. The van der Waals surface area contributed by atoms with E-state index in [0.29, 0.717) is 32.2 Å². The molecule has 0 saturated carbocycles. The number of unbranched alkanes of at least 4 members (excludes halogenated alkanes) is 1. The lowest BCUT2D eigenvalue weighted by Gasteiger charge is -2.33. The van der Waals surface area contributed by atoms with Crippen LogP contribution in [0.1, 0.15) is 99.6 Å². The molecular formula is C30H49N5O6. The molecule has 0 bridgehead atoms. The monoisotopic (exact) mass is 575 g/mol. The van der Waals surface area contributed by atoms with E-state index in [4.69, 9.17) is 5.73 Å². The zero-order valence-electron chi connectivity index (χ0n) is 25.9. The minimum absolute atomic E-state index is 0.0785. The molecule has 0 radical (unpaired) electrons. The molecule has 5 N–H and O–H groups in total. The van der Waals surface area contributed by atoms with Crippen LogP contribution in [0.4, 0.5) is 0 Å². The number of rotatable bonds is 19. The summed E-state index contributed by atoms with van der Waals surface area (Å²) in [7, 11) is 0. The number of imidazole rings is 1. The average molecular weight is 576 g/mol. The van der Waals surface area contributed by atoms with Crippen molar-refractivity contribution in [3.8, 4) is 0 Å². The second-order valence-electron chi connectivity index (χ2n) is 13.0. The van der Waals surface area contributed by atoms with Crippen LogP contribution in [-0.2, 0) is 35.2 Å². The van der Waals surface area contributed by atoms with Crippen molar-refractivity contribution in [2.24, 2.45) is 28.4 Å². The second kappa shape index (κ2) is 15.0. The third-order valence-electron chi connectivity index (χ3n) is 7.56. The highest BCUT2D eigenvalue weighted by molar-refractivity contribution is 5.99. The third-order valence-corrected chi connectivity index (χ3v) is 7.56. The van der Waals surface area contributed by atoms with Gasteiger partial charge in [-0.2, -0.15) is 0 Å². The molecule has 1 aromatic rings. The predicted octanol–water partition coefficient (Wildman–Crippen LogP) is 2.82. The molecular weight excluding hydrogens is 526 g/mol. The van der Waals surface area contributed by atoms with Crippen molar-refractivity contribution in [2.75, 3.05) is 6.54 Å². The quantitative estimate of drug-likeness (QED) is 0.183. The highest BCUT2D eigenvalue weighted by Gasteiger charge is 2.41. The molecule has 41 heavy (non-hydrogen) atoms. The summed E-state index contributed by atoms with van der Waals surface area (Å²) >= 11 is 0. The van der Waals surface area contributed by atoms with Crippen LogP contribution >= 0.6 is 0 Å². The zero-order valence-corrected chi connectivity index (χ0v) is 25.9. The van der Waals surface area contributed by atoms with E-state index in [9.17, 15) is 28.8 Å². The number of ketones is 3. The number of primary amides is 1. The van der Waals surface area contributed by atoms with Gasteiger partial charge in [0.05, 0.1) is 11.9 Å². The molecule has 3 amide bonds. The first-order chi connectivity index (χ1) is 18.8. The topological polar surface area (TPSA) is 181 Å². The van der Waals surface area contributed by atoms with Crippen LogP contribution in [0.2, 0.25) is 0 Å². The lowest BCUT2D eigenvalue weighted by Crippen LogP contribution is -2.53. The summed E-state index contributed by atoms with van der Waals surface area (Å²) in [5.41, 5.74) is 3.02. The summed E-state index contributed by atoms with van der Waals surface area (Å²) in [6, 6.07) is 0. The first-order valence-corrected chi connectivity index (χ1v) is 14.2. The number of nitrogens with one attached hydrogen (secondary N) is 3. The van der Waals surface area contributed by atoms with E-state index in [1.807, 2.05) is 0 Å². The standard InChI is InChI=1S/C30H49N5O6/c1-19(13-22-17-32-18-34-22)27(41)35-30(7,8)25(39)16-29(5,6)24(38)15-28(3,4)23(37)14-21(26(31)40)11-9-10-12-33-20(2)36/h17-19,21H,9-16H2,1-8H3,(H2,31,40)(H,32,34)(H,33,36)(H,35,41)/t19-,21+/m0/s1. The van der Waals surface area contributed by atoms with Gasteiger partial charge in [-0.25, -0.2) is 4.98 Å². The largest absolute Gasteiger partial charge is 0.369 e. The number of Topliss-reactive ketones (excluding diaryl/α,β-unsaturated/α-hetero) is 3. The van der Waals surface area contributed by atoms with Crippen LogP contribution < -0.4 is 16.4 Å². The number of aromatic amines is 1. The fourth-order valence-electron chi connectivity index (χ4n) is 4.41. The number of nitrogens with two attached hydrogens (primary N) is 1. The molecule has 0 spiro atoms. The number of nitrogens with zero attached hydrogens (tertiary/aromatic N) is 1. The molecule has 0 unspecified atom stereocenters. The number of H-pyrrole nitrogens is 1. The van der Waals surface area contributed by atoms with Gasteiger partial charge in [0, 0.05) is 73.7 Å². The molecule has 1 aromatic heterocycles. The normalized spacial score (nSPS) is 13.7. The van der Waals surface area contributed by atoms with E-state index < -0.39 is 34.1 Å². The van der Waals surface area contributed by atoms with Crippen molar-refractivity contribution < 1.29 is 28.8 Å². The number of amides is 3.